The molecule has 1 heterocycles. The van der Waals surface area contributed by atoms with Crippen molar-refractivity contribution in [1.82, 2.24) is 5.32 Å². The number of morpholine rings is 1. The lowest BCUT2D eigenvalue weighted by molar-refractivity contribution is -0.131. The van der Waals surface area contributed by atoms with Gasteiger partial charge in [-0.1, -0.05) is 38.1 Å². The van der Waals surface area contributed by atoms with Crippen molar-refractivity contribution in [2.24, 2.45) is 0 Å². The quantitative estimate of drug-likeness (QED) is 0.850. The van der Waals surface area contributed by atoms with Crippen molar-refractivity contribution >= 4 is 11.6 Å². The van der Waals surface area contributed by atoms with Gasteiger partial charge in [0.05, 0.1) is 20.3 Å². The van der Waals surface area contributed by atoms with Gasteiger partial charge < -0.3 is 19.7 Å². The number of nitrogens with zero attached hydrogens (tertiary/aromatic N) is 1. The van der Waals surface area contributed by atoms with E-state index < -0.39 is 6.10 Å². The van der Waals surface area contributed by atoms with Gasteiger partial charge in [0.2, 0.25) is 0 Å². The van der Waals surface area contributed by atoms with E-state index >= 15 is 0 Å². The van der Waals surface area contributed by atoms with Crippen LogP contribution in [0.1, 0.15) is 30.9 Å². The second-order valence-electron chi connectivity index (χ2n) is 7.08. The van der Waals surface area contributed by atoms with Crippen LogP contribution in [0, 0.1) is 0 Å². The Kier molecular flexibility index (Phi) is 6.48. The average Bonchev–Trinajstić information content (AvgIpc) is 2.72. The molecule has 5 nitrogen and oxygen atoms in total. The highest BCUT2D eigenvalue weighted by atomic mass is 16.5. The second kappa shape index (κ2) is 9.02. The van der Waals surface area contributed by atoms with Crippen molar-refractivity contribution in [2.75, 3.05) is 31.7 Å². The highest BCUT2D eigenvalue weighted by molar-refractivity contribution is 5.96. The van der Waals surface area contributed by atoms with Gasteiger partial charge in [-0.25, -0.2) is 0 Å². The van der Waals surface area contributed by atoms with E-state index in [1.165, 1.54) is 5.56 Å². The summed E-state index contributed by atoms with van der Waals surface area (Å²) in [4.78, 5) is 15.0. The fourth-order valence-corrected chi connectivity index (χ4v) is 3.15. The SMILES string of the molecule is COc1ccc(N(Cc2ccc(C(C)C)cc2)C(=O)C2CNCCO2)cc1. The van der Waals surface area contributed by atoms with Gasteiger partial charge in [0, 0.05) is 18.8 Å². The van der Waals surface area contributed by atoms with Crippen LogP contribution in [0.4, 0.5) is 5.69 Å². The molecule has 1 amide bonds. The van der Waals surface area contributed by atoms with Crippen LogP contribution in [0.5, 0.6) is 5.75 Å². The third-order valence-corrected chi connectivity index (χ3v) is 4.84. The first kappa shape index (κ1) is 19.4. The van der Waals surface area contributed by atoms with E-state index in [2.05, 4.69) is 43.4 Å². The van der Waals surface area contributed by atoms with Crippen molar-refractivity contribution in [3.05, 3.63) is 59.7 Å². The van der Waals surface area contributed by atoms with Crippen LogP contribution in [0.25, 0.3) is 0 Å². The first-order chi connectivity index (χ1) is 13.1. The number of anilines is 1. The molecular weight excluding hydrogens is 340 g/mol. The minimum absolute atomic E-state index is 0.0275. The third kappa shape index (κ3) is 4.87. The fraction of sp³-hybridized carbons (Fsp3) is 0.409. The van der Waals surface area contributed by atoms with Crippen LogP contribution in [-0.2, 0) is 16.1 Å². The summed E-state index contributed by atoms with van der Waals surface area (Å²) < 4.78 is 10.9. The Labute approximate surface area is 161 Å². The van der Waals surface area contributed by atoms with E-state index in [1.54, 1.807) is 12.0 Å². The predicted octanol–water partition coefficient (Wildman–Crippen LogP) is 3.34. The van der Waals surface area contributed by atoms with Gasteiger partial charge in [0.25, 0.3) is 5.91 Å². The summed E-state index contributed by atoms with van der Waals surface area (Å²) in [5.74, 6) is 1.23. The Morgan fingerprint density at radius 3 is 2.44 bits per heavy atom. The van der Waals surface area contributed by atoms with Crippen LogP contribution in [0.15, 0.2) is 48.5 Å². The molecule has 0 aliphatic carbocycles. The topological polar surface area (TPSA) is 50.8 Å². The number of carbonyl (C=O) groups excluding carboxylic acids is 1. The molecule has 1 fully saturated rings. The summed E-state index contributed by atoms with van der Waals surface area (Å²) in [5, 5.41) is 3.23. The summed E-state index contributed by atoms with van der Waals surface area (Å²) >= 11 is 0. The molecule has 144 valence electrons. The minimum atomic E-state index is -0.462. The van der Waals surface area contributed by atoms with Crippen molar-refractivity contribution in [1.29, 1.82) is 0 Å². The van der Waals surface area contributed by atoms with Crippen LogP contribution in [0.3, 0.4) is 0 Å². The van der Waals surface area contributed by atoms with Gasteiger partial charge in [0.15, 0.2) is 0 Å². The van der Waals surface area contributed by atoms with Gasteiger partial charge in [0.1, 0.15) is 11.9 Å². The molecule has 5 heteroatoms. The first-order valence-electron chi connectivity index (χ1n) is 9.45. The number of amides is 1. The van der Waals surface area contributed by atoms with Gasteiger partial charge in [-0.2, -0.15) is 0 Å². The molecule has 1 aliphatic rings. The molecule has 0 bridgehead atoms. The summed E-state index contributed by atoms with van der Waals surface area (Å²) in [5.41, 5.74) is 3.22. The Bertz CT molecular complexity index is 735. The predicted molar refractivity (Wildman–Crippen MR) is 107 cm³/mol. The molecule has 2 aromatic carbocycles. The van der Waals surface area contributed by atoms with E-state index in [0.29, 0.717) is 25.6 Å². The first-order valence-corrected chi connectivity index (χ1v) is 9.45. The average molecular weight is 368 g/mol. The zero-order valence-electron chi connectivity index (χ0n) is 16.3. The highest BCUT2D eigenvalue weighted by Crippen LogP contribution is 2.24. The second-order valence-corrected chi connectivity index (χ2v) is 7.08. The Morgan fingerprint density at radius 2 is 1.89 bits per heavy atom. The standard InChI is InChI=1S/C22H28N2O3/c1-16(2)18-6-4-17(5-7-18)15-24(19-8-10-20(26-3)11-9-19)22(25)21-14-23-12-13-27-21/h4-11,16,21,23H,12-15H2,1-3H3. The monoisotopic (exact) mass is 368 g/mol. The van der Waals surface area contributed by atoms with Gasteiger partial charge in [-0.15, -0.1) is 0 Å². The molecular formula is C22H28N2O3. The smallest absolute Gasteiger partial charge is 0.257 e. The summed E-state index contributed by atoms with van der Waals surface area (Å²) in [6.07, 6.45) is -0.462. The van der Waals surface area contributed by atoms with Crippen LogP contribution < -0.4 is 15.0 Å². The fourth-order valence-electron chi connectivity index (χ4n) is 3.15. The van der Waals surface area contributed by atoms with Crippen LogP contribution >= 0.6 is 0 Å². The largest absolute Gasteiger partial charge is 0.497 e. The van der Waals surface area contributed by atoms with Crippen LogP contribution in [-0.4, -0.2) is 38.8 Å². The number of benzene rings is 2. The van der Waals surface area contributed by atoms with Crippen molar-refractivity contribution < 1.29 is 14.3 Å². The number of ether oxygens (including phenoxy) is 2. The lowest BCUT2D eigenvalue weighted by atomic mass is 10.0. The number of rotatable bonds is 6. The molecule has 1 saturated heterocycles. The van der Waals surface area contributed by atoms with Crippen LogP contribution in [0.2, 0.25) is 0 Å². The van der Waals surface area contributed by atoms with E-state index in [-0.39, 0.29) is 5.91 Å². The molecule has 27 heavy (non-hydrogen) atoms. The Morgan fingerprint density at radius 1 is 1.19 bits per heavy atom. The Hall–Kier alpha value is -2.37. The van der Waals surface area contributed by atoms with Crippen molar-refractivity contribution in [3.8, 4) is 5.75 Å². The molecule has 0 spiro atoms. The van der Waals surface area contributed by atoms with E-state index in [9.17, 15) is 4.79 Å². The summed E-state index contributed by atoms with van der Waals surface area (Å²) in [6.45, 7) is 6.73. The normalized spacial score (nSPS) is 17.0. The van der Waals surface area contributed by atoms with Gasteiger partial charge in [-0.3, -0.25) is 4.79 Å². The molecule has 1 unspecified atom stereocenters. The Balaban J connectivity index is 1.84. The zero-order chi connectivity index (χ0) is 19.2. The number of hydrogen-bond acceptors (Lipinski definition) is 4. The summed E-state index contributed by atoms with van der Waals surface area (Å²) in [7, 11) is 1.63. The lowest BCUT2D eigenvalue weighted by Crippen LogP contribution is -2.49. The minimum Gasteiger partial charge on any atom is -0.497 e. The van der Waals surface area contributed by atoms with E-state index in [0.717, 1.165) is 23.5 Å². The molecule has 3 rings (SSSR count). The van der Waals surface area contributed by atoms with E-state index in [1.807, 2.05) is 24.3 Å². The number of carbonyl (C=O) groups is 1. The van der Waals surface area contributed by atoms with Gasteiger partial charge >= 0.3 is 0 Å². The molecule has 0 radical (unpaired) electrons. The maximum absolute atomic E-state index is 13.2. The van der Waals surface area contributed by atoms with Gasteiger partial charge in [-0.05, 0) is 41.3 Å². The number of nitrogens with one attached hydrogen (secondary N) is 1. The molecule has 1 aliphatic heterocycles. The highest BCUT2D eigenvalue weighted by Gasteiger charge is 2.28. The molecule has 0 aromatic heterocycles. The number of hydrogen-bond donors (Lipinski definition) is 1. The maximum Gasteiger partial charge on any atom is 0.257 e. The third-order valence-electron chi connectivity index (χ3n) is 4.84. The van der Waals surface area contributed by atoms with Crippen molar-refractivity contribution in [2.45, 2.75) is 32.4 Å². The lowest BCUT2D eigenvalue weighted by Gasteiger charge is -2.30. The number of methoxy groups -OCH3 is 1. The molecule has 0 saturated carbocycles. The summed E-state index contributed by atoms with van der Waals surface area (Å²) in [6, 6.07) is 16.0. The maximum atomic E-state index is 13.2. The van der Waals surface area contributed by atoms with Crippen molar-refractivity contribution in [3.63, 3.8) is 0 Å². The molecule has 2 aromatic rings. The zero-order valence-corrected chi connectivity index (χ0v) is 16.3. The molecule has 1 N–H and O–H groups in total. The van der Waals surface area contributed by atoms with E-state index in [4.69, 9.17) is 9.47 Å². The molecule has 1 atom stereocenters.